The highest BCUT2D eigenvalue weighted by atomic mass is 16.5. The molecule has 5 nitrogen and oxygen atoms in total. The molecule has 0 radical (unpaired) electrons. The summed E-state index contributed by atoms with van der Waals surface area (Å²) < 4.78 is 4.85. The fourth-order valence-electron chi connectivity index (χ4n) is 2.42. The number of aryl methyl sites for hydroxylation is 1. The Bertz CT molecular complexity index is 522. The average Bonchev–Trinajstić information content (AvgIpc) is 2.46. The maximum Gasteiger partial charge on any atom is 0.328 e. The van der Waals surface area contributed by atoms with Gasteiger partial charge >= 0.3 is 5.97 Å². The Morgan fingerprint density at radius 1 is 1.53 bits per heavy atom. The summed E-state index contributed by atoms with van der Waals surface area (Å²) in [5.41, 5.74) is 1.34. The van der Waals surface area contributed by atoms with Crippen molar-refractivity contribution in [3.8, 4) is 6.07 Å². The van der Waals surface area contributed by atoms with Crippen molar-refractivity contribution in [1.82, 2.24) is 4.98 Å². The van der Waals surface area contributed by atoms with Crippen molar-refractivity contribution in [3.05, 3.63) is 23.4 Å². The molecule has 2 rings (SSSR count). The van der Waals surface area contributed by atoms with Crippen molar-refractivity contribution in [2.24, 2.45) is 0 Å². The molecule has 1 aliphatic rings. The van der Waals surface area contributed by atoms with Crippen LogP contribution in [0.3, 0.4) is 0 Å². The first kappa shape index (κ1) is 13.3. The summed E-state index contributed by atoms with van der Waals surface area (Å²) in [6.45, 7) is 2.60. The molecule has 5 heteroatoms. The van der Waals surface area contributed by atoms with E-state index >= 15 is 0 Å². The van der Waals surface area contributed by atoms with Gasteiger partial charge in [-0.25, -0.2) is 9.78 Å². The third-order valence-corrected chi connectivity index (χ3v) is 3.38. The largest absolute Gasteiger partial charge is 0.467 e. The number of nitrogens with zero attached hydrogens (tertiary/aromatic N) is 3. The molecule has 2 heterocycles. The van der Waals surface area contributed by atoms with Crippen LogP contribution in [0, 0.1) is 18.3 Å². The van der Waals surface area contributed by atoms with E-state index in [0.29, 0.717) is 11.4 Å². The summed E-state index contributed by atoms with van der Waals surface area (Å²) in [6.07, 6.45) is 2.73. The minimum absolute atomic E-state index is 0.258. The van der Waals surface area contributed by atoms with Gasteiger partial charge in [-0.1, -0.05) is 0 Å². The molecule has 0 saturated carbocycles. The van der Waals surface area contributed by atoms with E-state index in [1.165, 1.54) is 7.11 Å². The molecule has 0 bridgehead atoms. The quantitative estimate of drug-likeness (QED) is 0.757. The second kappa shape index (κ2) is 5.70. The SMILES string of the molecule is COC(=O)C1CCCCN1c1nc(C)ccc1C#N. The number of nitriles is 1. The van der Waals surface area contributed by atoms with Crippen LogP contribution < -0.4 is 4.90 Å². The van der Waals surface area contributed by atoms with Crippen LogP contribution in [0.15, 0.2) is 12.1 Å². The zero-order valence-corrected chi connectivity index (χ0v) is 11.2. The second-order valence-electron chi connectivity index (χ2n) is 4.66. The van der Waals surface area contributed by atoms with Crippen molar-refractivity contribution >= 4 is 11.8 Å². The van der Waals surface area contributed by atoms with Crippen LogP contribution in [-0.2, 0) is 9.53 Å². The lowest BCUT2D eigenvalue weighted by atomic mass is 10.0. The first-order chi connectivity index (χ1) is 9.17. The number of methoxy groups -OCH3 is 1. The minimum atomic E-state index is -0.333. The Labute approximate surface area is 112 Å². The molecule has 1 aromatic heterocycles. The van der Waals surface area contributed by atoms with E-state index in [4.69, 9.17) is 4.74 Å². The first-order valence-corrected chi connectivity index (χ1v) is 6.39. The number of rotatable bonds is 2. The molecule has 1 saturated heterocycles. The van der Waals surface area contributed by atoms with Gasteiger partial charge in [0, 0.05) is 12.2 Å². The highest BCUT2D eigenvalue weighted by Crippen LogP contribution is 2.26. The van der Waals surface area contributed by atoms with Gasteiger partial charge in [-0.3, -0.25) is 0 Å². The lowest BCUT2D eigenvalue weighted by Gasteiger charge is -2.35. The molecular weight excluding hydrogens is 242 g/mol. The Morgan fingerprint density at radius 3 is 3.00 bits per heavy atom. The van der Waals surface area contributed by atoms with Gasteiger partial charge in [0.25, 0.3) is 0 Å². The number of anilines is 1. The number of aromatic nitrogens is 1. The van der Waals surface area contributed by atoms with Gasteiger partial charge < -0.3 is 9.64 Å². The Hall–Kier alpha value is -2.09. The number of hydrogen-bond donors (Lipinski definition) is 0. The van der Waals surface area contributed by atoms with Crippen LogP contribution in [0.5, 0.6) is 0 Å². The highest BCUT2D eigenvalue weighted by Gasteiger charge is 2.31. The molecule has 1 aliphatic heterocycles. The van der Waals surface area contributed by atoms with Crippen LogP contribution in [0.1, 0.15) is 30.5 Å². The Morgan fingerprint density at radius 2 is 2.32 bits per heavy atom. The van der Waals surface area contributed by atoms with Gasteiger partial charge in [-0.2, -0.15) is 5.26 Å². The standard InChI is InChI=1S/C14H17N3O2/c1-10-6-7-11(9-15)13(16-10)17-8-4-3-5-12(17)14(18)19-2/h6-7,12H,3-5,8H2,1-2H3. The summed E-state index contributed by atoms with van der Waals surface area (Å²) in [5, 5.41) is 9.19. The maximum absolute atomic E-state index is 11.9. The zero-order valence-electron chi connectivity index (χ0n) is 11.2. The number of piperidine rings is 1. The Balaban J connectivity index is 2.40. The number of esters is 1. The predicted octanol–water partition coefficient (Wildman–Crippen LogP) is 1.79. The topological polar surface area (TPSA) is 66.2 Å². The van der Waals surface area contributed by atoms with Crippen LogP contribution in [0.25, 0.3) is 0 Å². The third kappa shape index (κ3) is 2.68. The number of carbonyl (C=O) groups is 1. The van der Waals surface area contributed by atoms with Crippen LogP contribution in [-0.4, -0.2) is 30.6 Å². The van der Waals surface area contributed by atoms with Crippen molar-refractivity contribution in [2.45, 2.75) is 32.2 Å². The van der Waals surface area contributed by atoms with Crippen LogP contribution in [0.2, 0.25) is 0 Å². The van der Waals surface area contributed by atoms with E-state index in [-0.39, 0.29) is 12.0 Å². The molecule has 1 atom stereocenters. The molecule has 0 spiro atoms. The number of carbonyl (C=O) groups excluding carboxylic acids is 1. The van der Waals surface area contributed by atoms with E-state index in [1.54, 1.807) is 12.1 Å². The van der Waals surface area contributed by atoms with Gasteiger partial charge in [-0.15, -0.1) is 0 Å². The minimum Gasteiger partial charge on any atom is -0.467 e. The fourth-order valence-corrected chi connectivity index (χ4v) is 2.42. The molecule has 0 aromatic carbocycles. The highest BCUT2D eigenvalue weighted by molar-refractivity contribution is 5.80. The molecule has 19 heavy (non-hydrogen) atoms. The molecule has 0 aliphatic carbocycles. The number of ether oxygens (including phenoxy) is 1. The normalized spacial score (nSPS) is 18.8. The first-order valence-electron chi connectivity index (χ1n) is 6.39. The number of pyridine rings is 1. The summed E-state index contributed by atoms with van der Waals surface area (Å²) in [5.74, 6) is 0.337. The van der Waals surface area contributed by atoms with Gasteiger partial charge in [-0.05, 0) is 38.3 Å². The van der Waals surface area contributed by atoms with Gasteiger partial charge in [0.15, 0.2) is 0 Å². The van der Waals surface area contributed by atoms with Gasteiger partial charge in [0.1, 0.15) is 17.9 Å². The molecule has 0 N–H and O–H groups in total. The summed E-state index contributed by atoms with van der Waals surface area (Å²) >= 11 is 0. The van der Waals surface area contributed by atoms with E-state index in [2.05, 4.69) is 11.1 Å². The summed E-state index contributed by atoms with van der Waals surface area (Å²) in [7, 11) is 1.39. The average molecular weight is 259 g/mol. The molecular formula is C14H17N3O2. The van der Waals surface area contributed by atoms with E-state index < -0.39 is 0 Å². The third-order valence-electron chi connectivity index (χ3n) is 3.38. The molecule has 1 unspecified atom stereocenters. The second-order valence-corrected chi connectivity index (χ2v) is 4.66. The van der Waals surface area contributed by atoms with Gasteiger partial charge in [0.2, 0.25) is 0 Å². The van der Waals surface area contributed by atoms with E-state index in [1.807, 2.05) is 11.8 Å². The lowest BCUT2D eigenvalue weighted by Crippen LogP contribution is -2.46. The summed E-state index contributed by atoms with van der Waals surface area (Å²) in [4.78, 5) is 18.2. The molecule has 1 fully saturated rings. The predicted molar refractivity (Wildman–Crippen MR) is 70.7 cm³/mol. The fraction of sp³-hybridized carbons (Fsp3) is 0.500. The van der Waals surface area contributed by atoms with Crippen LogP contribution >= 0.6 is 0 Å². The summed E-state index contributed by atoms with van der Waals surface area (Å²) in [6, 6.07) is 5.36. The van der Waals surface area contributed by atoms with Crippen molar-refractivity contribution in [1.29, 1.82) is 5.26 Å². The van der Waals surface area contributed by atoms with Crippen molar-refractivity contribution in [3.63, 3.8) is 0 Å². The van der Waals surface area contributed by atoms with E-state index in [9.17, 15) is 10.1 Å². The van der Waals surface area contributed by atoms with Gasteiger partial charge in [0.05, 0.1) is 12.7 Å². The van der Waals surface area contributed by atoms with Crippen molar-refractivity contribution in [2.75, 3.05) is 18.6 Å². The number of hydrogen-bond acceptors (Lipinski definition) is 5. The monoisotopic (exact) mass is 259 g/mol. The van der Waals surface area contributed by atoms with Crippen molar-refractivity contribution < 1.29 is 9.53 Å². The molecule has 100 valence electrons. The molecule has 1 aromatic rings. The van der Waals surface area contributed by atoms with Crippen LogP contribution in [0.4, 0.5) is 5.82 Å². The maximum atomic E-state index is 11.9. The Kier molecular flexibility index (Phi) is 4.00. The lowest BCUT2D eigenvalue weighted by molar-refractivity contribution is -0.142. The molecule has 0 amide bonds. The zero-order chi connectivity index (χ0) is 13.8. The van der Waals surface area contributed by atoms with E-state index in [0.717, 1.165) is 31.5 Å². The smallest absolute Gasteiger partial charge is 0.328 e.